The molecule has 0 saturated heterocycles. The van der Waals surface area contributed by atoms with Crippen LogP contribution in [0.2, 0.25) is 0 Å². The number of nitrogens with two attached hydrogens (primary N) is 1. The van der Waals surface area contributed by atoms with E-state index in [1.807, 2.05) is 13.0 Å². The molecule has 0 aliphatic carbocycles. The van der Waals surface area contributed by atoms with Gasteiger partial charge in [0.05, 0.1) is 27.6 Å². The van der Waals surface area contributed by atoms with Crippen molar-refractivity contribution in [3.63, 3.8) is 0 Å². The quantitative estimate of drug-likeness (QED) is 0.866. The van der Waals surface area contributed by atoms with Crippen LogP contribution in [0.5, 0.6) is 0 Å². The summed E-state index contributed by atoms with van der Waals surface area (Å²) in [5, 5.41) is 0. The molecule has 2 aromatic rings. The molecule has 0 spiro atoms. The van der Waals surface area contributed by atoms with Crippen molar-refractivity contribution in [2.45, 2.75) is 17.6 Å². The molecule has 1 aromatic heterocycles. The summed E-state index contributed by atoms with van der Waals surface area (Å²) in [5.74, 6) is -0.222. The molecule has 3 nitrogen and oxygen atoms in total. The smallest absolute Gasteiger partial charge is 0.141 e. The first-order valence-electron chi connectivity index (χ1n) is 5.40. The van der Waals surface area contributed by atoms with Gasteiger partial charge in [-0.15, -0.1) is 0 Å². The highest BCUT2D eigenvalue weighted by molar-refractivity contribution is 7.84. The van der Waals surface area contributed by atoms with Gasteiger partial charge in [-0.25, -0.2) is 4.39 Å². The van der Waals surface area contributed by atoms with Crippen LogP contribution in [0.4, 0.5) is 10.1 Å². The van der Waals surface area contributed by atoms with Crippen molar-refractivity contribution in [1.29, 1.82) is 0 Å². The predicted octanol–water partition coefficient (Wildman–Crippen LogP) is 2.42. The zero-order valence-electron chi connectivity index (χ0n) is 9.89. The highest BCUT2D eigenvalue weighted by Gasteiger charge is 2.10. The standard InChI is InChI=1S/C13H13FN2OS/c1-9-2-3-12(15)13(4-9)18(17)8-10-5-11(14)7-16-6-10/h2-7H,8,15H2,1H3. The van der Waals surface area contributed by atoms with Gasteiger partial charge >= 0.3 is 0 Å². The number of hydrogen-bond acceptors (Lipinski definition) is 3. The second kappa shape index (κ2) is 5.27. The maximum Gasteiger partial charge on any atom is 0.141 e. The number of halogens is 1. The van der Waals surface area contributed by atoms with Crippen LogP contribution in [0.25, 0.3) is 0 Å². The molecule has 2 rings (SSSR count). The molecule has 5 heteroatoms. The largest absolute Gasteiger partial charge is 0.398 e. The van der Waals surface area contributed by atoms with Crippen LogP contribution in [0.1, 0.15) is 11.1 Å². The molecular weight excluding hydrogens is 251 g/mol. The summed E-state index contributed by atoms with van der Waals surface area (Å²) in [7, 11) is -1.30. The van der Waals surface area contributed by atoms with Crippen molar-refractivity contribution >= 4 is 16.5 Å². The summed E-state index contributed by atoms with van der Waals surface area (Å²) >= 11 is 0. The fraction of sp³-hybridized carbons (Fsp3) is 0.154. The van der Waals surface area contributed by atoms with Crippen molar-refractivity contribution in [1.82, 2.24) is 4.98 Å². The number of hydrogen-bond donors (Lipinski definition) is 1. The lowest BCUT2D eigenvalue weighted by molar-refractivity contribution is 0.619. The molecule has 0 aliphatic rings. The van der Waals surface area contributed by atoms with Gasteiger partial charge in [-0.05, 0) is 36.2 Å². The Bertz CT molecular complexity index is 601. The van der Waals surface area contributed by atoms with Crippen LogP contribution in [-0.2, 0) is 16.6 Å². The highest BCUT2D eigenvalue weighted by Crippen LogP contribution is 2.20. The van der Waals surface area contributed by atoms with E-state index in [0.717, 1.165) is 11.8 Å². The van der Waals surface area contributed by atoms with E-state index in [1.165, 1.54) is 12.3 Å². The van der Waals surface area contributed by atoms with Crippen LogP contribution < -0.4 is 5.73 Å². The molecule has 2 N–H and O–H groups in total. The number of rotatable bonds is 3. The SMILES string of the molecule is Cc1ccc(N)c(S(=O)Cc2cncc(F)c2)c1. The first kappa shape index (κ1) is 12.7. The summed E-state index contributed by atoms with van der Waals surface area (Å²) in [6.07, 6.45) is 2.63. The van der Waals surface area contributed by atoms with Crippen molar-refractivity contribution in [3.05, 3.63) is 53.6 Å². The summed E-state index contributed by atoms with van der Waals surface area (Å²) in [5.41, 5.74) is 7.86. The first-order chi connectivity index (χ1) is 8.56. The van der Waals surface area contributed by atoms with Crippen LogP contribution >= 0.6 is 0 Å². The van der Waals surface area contributed by atoms with Gasteiger partial charge in [-0.2, -0.15) is 0 Å². The molecule has 0 bridgehead atoms. The van der Waals surface area contributed by atoms with E-state index in [0.29, 0.717) is 16.1 Å². The van der Waals surface area contributed by atoms with E-state index >= 15 is 0 Å². The van der Waals surface area contributed by atoms with Gasteiger partial charge in [-0.3, -0.25) is 9.19 Å². The minimum Gasteiger partial charge on any atom is -0.398 e. The molecule has 94 valence electrons. The molecule has 1 unspecified atom stereocenters. The third-order valence-electron chi connectivity index (χ3n) is 2.47. The normalized spacial score (nSPS) is 12.3. The molecule has 0 saturated carbocycles. The third-order valence-corrected chi connectivity index (χ3v) is 3.91. The van der Waals surface area contributed by atoms with Crippen LogP contribution in [-0.4, -0.2) is 9.19 Å². The predicted molar refractivity (Wildman–Crippen MR) is 69.9 cm³/mol. The van der Waals surface area contributed by atoms with E-state index in [-0.39, 0.29) is 5.75 Å². The van der Waals surface area contributed by atoms with Crippen molar-refractivity contribution in [2.75, 3.05) is 5.73 Å². The fourth-order valence-electron chi connectivity index (χ4n) is 1.60. The van der Waals surface area contributed by atoms with Crippen molar-refractivity contribution in [2.24, 2.45) is 0 Å². The van der Waals surface area contributed by atoms with E-state index in [2.05, 4.69) is 4.98 Å². The zero-order valence-corrected chi connectivity index (χ0v) is 10.7. The Morgan fingerprint density at radius 1 is 1.33 bits per heavy atom. The van der Waals surface area contributed by atoms with Gasteiger partial charge in [0, 0.05) is 11.9 Å². The number of aromatic nitrogens is 1. The molecule has 1 heterocycles. The van der Waals surface area contributed by atoms with Gasteiger partial charge in [0.2, 0.25) is 0 Å². The Morgan fingerprint density at radius 2 is 2.11 bits per heavy atom. The Hall–Kier alpha value is -1.75. The lowest BCUT2D eigenvalue weighted by Gasteiger charge is -2.07. The van der Waals surface area contributed by atoms with Gasteiger partial charge in [0.25, 0.3) is 0 Å². The Morgan fingerprint density at radius 3 is 2.83 bits per heavy atom. The lowest BCUT2D eigenvalue weighted by Crippen LogP contribution is -2.02. The summed E-state index contributed by atoms with van der Waals surface area (Å²) in [6.45, 7) is 1.91. The maximum absolute atomic E-state index is 13.0. The number of nitrogen functional groups attached to an aromatic ring is 1. The van der Waals surface area contributed by atoms with Gasteiger partial charge in [-0.1, -0.05) is 6.07 Å². The average Bonchev–Trinajstić information content (AvgIpc) is 2.32. The van der Waals surface area contributed by atoms with Gasteiger partial charge in [0.15, 0.2) is 0 Å². The van der Waals surface area contributed by atoms with Crippen LogP contribution in [0.15, 0.2) is 41.6 Å². The molecule has 0 amide bonds. The van der Waals surface area contributed by atoms with E-state index in [4.69, 9.17) is 5.73 Å². The number of anilines is 1. The zero-order chi connectivity index (χ0) is 13.1. The number of pyridine rings is 1. The van der Waals surface area contributed by atoms with Gasteiger partial charge in [0.1, 0.15) is 5.82 Å². The molecular formula is C13H13FN2OS. The van der Waals surface area contributed by atoms with Crippen molar-refractivity contribution < 1.29 is 8.60 Å². The molecule has 1 atom stereocenters. The molecule has 0 fully saturated rings. The number of benzene rings is 1. The second-order valence-corrected chi connectivity index (χ2v) is 5.46. The fourth-order valence-corrected chi connectivity index (χ4v) is 2.87. The van der Waals surface area contributed by atoms with E-state index in [9.17, 15) is 8.60 Å². The van der Waals surface area contributed by atoms with Crippen LogP contribution in [0, 0.1) is 12.7 Å². The van der Waals surface area contributed by atoms with Crippen molar-refractivity contribution in [3.8, 4) is 0 Å². The molecule has 1 aromatic carbocycles. The van der Waals surface area contributed by atoms with Gasteiger partial charge < -0.3 is 5.73 Å². The molecule has 18 heavy (non-hydrogen) atoms. The Labute approximate surface area is 107 Å². The second-order valence-electron chi connectivity index (χ2n) is 4.04. The third kappa shape index (κ3) is 2.92. The topological polar surface area (TPSA) is 56.0 Å². The van der Waals surface area contributed by atoms with Crippen LogP contribution in [0.3, 0.4) is 0 Å². The average molecular weight is 264 g/mol. The number of nitrogens with zero attached hydrogens (tertiary/aromatic N) is 1. The maximum atomic E-state index is 13.0. The molecule has 0 radical (unpaired) electrons. The minimum atomic E-state index is -1.30. The minimum absolute atomic E-state index is 0.207. The van der Waals surface area contributed by atoms with E-state index < -0.39 is 16.6 Å². The molecule has 0 aliphatic heterocycles. The Balaban J connectivity index is 2.24. The first-order valence-corrected chi connectivity index (χ1v) is 6.72. The van der Waals surface area contributed by atoms with E-state index in [1.54, 1.807) is 12.1 Å². The summed E-state index contributed by atoms with van der Waals surface area (Å²) in [4.78, 5) is 4.31. The number of aryl methyl sites for hydroxylation is 1. The Kier molecular flexibility index (Phi) is 3.72. The lowest BCUT2D eigenvalue weighted by atomic mass is 10.2. The summed E-state index contributed by atoms with van der Waals surface area (Å²) < 4.78 is 25.2. The summed E-state index contributed by atoms with van der Waals surface area (Å²) in [6, 6.07) is 6.71. The highest BCUT2D eigenvalue weighted by atomic mass is 32.2. The monoisotopic (exact) mass is 264 g/mol.